The van der Waals surface area contributed by atoms with Gasteiger partial charge in [0.25, 0.3) is 6.10 Å². The molecule has 0 aliphatic carbocycles. The molecule has 1 saturated heterocycles. The normalized spacial score (nSPS) is 17.5. The van der Waals surface area contributed by atoms with Gasteiger partial charge in [-0.1, -0.05) is 6.92 Å². The minimum atomic E-state index is -5.87. The van der Waals surface area contributed by atoms with Gasteiger partial charge in [0.05, 0.1) is 5.56 Å². The van der Waals surface area contributed by atoms with E-state index in [4.69, 9.17) is 4.74 Å². The zero-order valence-electron chi connectivity index (χ0n) is 19.4. The fourth-order valence-corrected chi connectivity index (χ4v) is 3.34. The molecule has 1 heterocycles. The van der Waals surface area contributed by atoms with Gasteiger partial charge in [-0.3, -0.25) is 4.90 Å². The van der Waals surface area contributed by atoms with Crippen LogP contribution in [0.25, 0.3) is 0 Å². The summed E-state index contributed by atoms with van der Waals surface area (Å²) in [6.07, 6.45) is -22.7. The molecule has 16 heteroatoms. The number of hydrogen-bond donors (Lipinski definition) is 1. The molecule has 210 valence electrons. The average molecular weight is 554 g/mol. The van der Waals surface area contributed by atoms with Crippen molar-refractivity contribution in [1.82, 2.24) is 9.80 Å². The number of nitrogens with zero attached hydrogens (tertiary/aromatic N) is 2. The van der Waals surface area contributed by atoms with Crippen molar-refractivity contribution < 1.29 is 63.7 Å². The van der Waals surface area contributed by atoms with Gasteiger partial charge in [-0.25, -0.2) is 9.59 Å². The van der Waals surface area contributed by atoms with Gasteiger partial charge in [-0.15, -0.1) is 0 Å². The van der Waals surface area contributed by atoms with Crippen molar-refractivity contribution in [3.63, 3.8) is 0 Å². The van der Waals surface area contributed by atoms with Gasteiger partial charge in [0.1, 0.15) is 5.75 Å². The van der Waals surface area contributed by atoms with Gasteiger partial charge >= 0.3 is 30.6 Å². The Morgan fingerprint density at radius 3 is 1.92 bits per heavy atom. The van der Waals surface area contributed by atoms with Crippen LogP contribution in [0.15, 0.2) is 18.2 Å². The third-order valence-electron chi connectivity index (χ3n) is 5.61. The van der Waals surface area contributed by atoms with Crippen LogP contribution in [0.1, 0.15) is 31.4 Å². The molecule has 1 aromatic carbocycles. The monoisotopic (exact) mass is 554 g/mol. The molecule has 0 saturated carbocycles. The van der Waals surface area contributed by atoms with Crippen LogP contribution in [-0.2, 0) is 22.3 Å². The number of benzene rings is 1. The molecule has 0 spiro atoms. The van der Waals surface area contributed by atoms with E-state index in [1.807, 2.05) is 0 Å². The molecular formula is C21H23F9N2O5. The second kappa shape index (κ2) is 10.8. The molecule has 0 aromatic heterocycles. The van der Waals surface area contributed by atoms with E-state index in [1.54, 1.807) is 0 Å². The second-order valence-electron chi connectivity index (χ2n) is 8.47. The van der Waals surface area contributed by atoms with E-state index in [2.05, 4.69) is 4.74 Å². The van der Waals surface area contributed by atoms with E-state index in [0.717, 1.165) is 6.07 Å². The summed E-state index contributed by atoms with van der Waals surface area (Å²) in [5.41, 5.74) is -2.87. The Labute approximate surface area is 204 Å². The van der Waals surface area contributed by atoms with E-state index in [-0.39, 0.29) is 50.5 Å². The van der Waals surface area contributed by atoms with Crippen molar-refractivity contribution in [1.29, 1.82) is 0 Å². The van der Waals surface area contributed by atoms with Gasteiger partial charge in [0, 0.05) is 32.7 Å². The molecule has 1 aliphatic rings. The fraction of sp³-hybridized carbons (Fsp3) is 0.619. The van der Waals surface area contributed by atoms with Crippen LogP contribution in [0.2, 0.25) is 0 Å². The predicted octanol–water partition coefficient (Wildman–Crippen LogP) is 5.08. The number of amides is 1. The molecule has 1 unspecified atom stereocenters. The van der Waals surface area contributed by atoms with Crippen molar-refractivity contribution in [2.75, 3.05) is 26.2 Å². The third kappa shape index (κ3) is 8.04. The molecular weight excluding hydrogens is 531 g/mol. The second-order valence-corrected chi connectivity index (χ2v) is 8.47. The van der Waals surface area contributed by atoms with Crippen molar-refractivity contribution in [3.05, 3.63) is 29.3 Å². The number of carboxylic acid groups (broad SMARTS) is 1. The summed E-state index contributed by atoms with van der Waals surface area (Å²) in [5.74, 6) is -1.75. The smallest absolute Gasteiger partial charge is 0.434 e. The molecule has 1 amide bonds. The number of alkyl halides is 9. The Hall–Kier alpha value is -2.91. The highest BCUT2D eigenvalue weighted by molar-refractivity contribution is 5.77. The summed E-state index contributed by atoms with van der Waals surface area (Å²) in [7, 11) is 0. The standard InChI is InChI=1S/C21H23F9N2O5/c1-3-18(2,16(33)34)37-14-9-12(8-13(10-14)19(22,23)24)11-31-4-6-32(7-5-31)17(35)36-15(20(25,26)27)21(28,29)30/h8-10,15H,3-7,11H2,1-2H3,(H,33,34). The lowest BCUT2D eigenvalue weighted by Gasteiger charge is -2.35. The molecule has 1 aliphatic heterocycles. The van der Waals surface area contributed by atoms with Crippen molar-refractivity contribution in [2.45, 2.75) is 57.0 Å². The molecule has 7 nitrogen and oxygen atoms in total. The molecule has 0 bridgehead atoms. The highest BCUT2D eigenvalue weighted by Gasteiger charge is 2.60. The van der Waals surface area contributed by atoms with Gasteiger partial charge < -0.3 is 19.5 Å². The number of carbonyl (C=O) groups excluding carboxylic acids is 1. The van der Waals surface area contributed by atoms with Crippen molar-refractivity contribution >= 4 is 12.1 Å². The van der Waals surface area contributed by atoms with Crippen LogP contribution in [0.3, 0.4) is 0 Å². The zero-order chi connectivity index (χ0) is 28.4. The number of hydrogen-bond acceptors (Lipinski definition) is 5. The Bertz CT molecular complexity index is 959. The predicted molar refractivity (Wildman–Crippen MR) is 108 cm³/mol. The summed E-state index contributed by atoms with van der Waals surface area (Å²) >= 11 is 0. The van der Waals surface area contributed by atoms with E-state index < -0.39 is 47.9 Å². The van der Waals surface area contributed by atoms with Crippen molar-refractivity contribution in [2.24, 2.45) is 0 Å². The van der Waals surface area contributed by atoms with E-state index in [1.165, 1.54) is 24.8 Å². The first-order valence-corrected chi connectivity index (χ1v) is 10.7. The van der Waals surface area contributed by atoms with Gasteiger partial charge in [0.15, 0.2) is 0 Å². The third-order valence-corrected chi connectivity index (χ3v) is 5.61. The van der Waals surface area contributed by atoms with Crippen LogP contribution in [0.5, 0.6) is 5.75 Å². The topological polar surface area (TPSA) is 79.3 Å². The van der Waals surface area contributed by atoms with Gasteiger partial charge in [-0.2, -0.15) is 39.5 Å². The van der Waals surface area contributed by atoms with Crippen LogP contribution < -0.4 is 4.74 Å². The van der Waals surface area contributed by atoms with E-state index in [9.17, 15) is 54.2 Å². The number of ether oxygens (including phenoxy) is 2. The first-order valence-electron chi connectivity index (χ1n) is 10.7. The Kier molecular flexibility index (Phi) is 8.87. The zero-order valence-corrected chi connectivity index (χ0v) is 19.4. The average Bonchev–Trinajstić information content (AvgIpc) is 2.75. The highest BCUT2D eigenvalue weighted by Crippen LogP contribution is 2.37. The van der Waals surface area contributed by atoms with Crippen LogP contribution in [-0.4, -0.2) is 77.2 Å². The van der Waals surface area contributed by atoms with Crippen LogP contribution in [0, 0.1) is 0 Å². The number of carboxylic acids is 1. The largest absolute Gasteiger partial charge is 0.478 e. The van der Waals surface area contributed by atoms with Crippen LogP contribution in [0.4, 0.5) is 44.3 Å². The van der Waals surface area contributed by atoms with E-state index in [0.29, 0.717) is 11.0 Å². The summed E-state index contributed by atoms with van der Waals surface area (Å²) in [6.45, 7) is 1.59. The molecule has 37 heavy (non-hydrogen) atoms. The number of halogens is 9. The fourth-order valence-electron chi connectivity index (χ4n) is 3.34. The quantitative estimate of drug-likeness (QED) is 0.474. The number of aliphatic carboxylic acids is 1. The summed E-state index contributed by atoms with van der Waals surface area (Å²) in [4.78, 5) is 25.5. The maximum Gasteiger partial charge on any atom is 0.434 e. The summed E-state index contributed by atoms with van der Waals surface area (Å²) in [6, 6.07) is 2.64. The molecule has 1 fully saturated rings. The summed E-state index contributed by atoms with van der Waals surface area (Å²) < 4.78 is 125. The molecule has 1 atom stereocenters. The Morgan fingerprint density at radius 1 is 0.946 bits per heavy atom. The Morgan fingerprint density at radius 2 is 1.49 bits per heavy atom. The number of carbonyl (C=O) groups is 2. The van der Waals surface area contributed by atoms with Gasteiger partial charge in [-0.05, 0) is 37.1 Å². The first-order chi connectivity index (χ1) is 16.8. The lowest BCUT2D eigenvalue weighted by molar-refractivity contribution is -0.308. The molecule has 1 aromatic rings. The SMILES string of the molecule is CCC(C)(Oc1cc(CN2CCN(C(=O)OC(C(F)(F)F)C(F)(F)F)CC2)cc(C(F)(F)F)c1)C(=O)O. The minimum absolute atomic E-state index is 0.0545. The van der Waals surface area contributed by atoms with E-state index >= 15 is 0 Å². The highest BCUT2D eigenvalue weighted by atomic mass is 19.4. The molecule has 2 rings (SSSR count). The molecule has 0 radical (unpaired) electrons. The molecule has 1 N–H and O–H groups in total. The Balaban J connectivity index is 2.13. The first kappa shape index (κ1) is 30.3. The maximum absolute atomic E-state index is 13.4. The van der Waals surface area contributed by atoms with Gasteiger partial charge in [0.2, 0.25) is 5.60 Å². The van der Waals surface area contributed by atoms with Crippen molar-refractivity contribution in [3.8, 4) is 5.75 Å². The number of piperazine rings is 1. The maximum atomic E-state index is 13.4. The number of rotatable bonds is 7. The van der Waals surface area contributed by atoms with Crippen LogP contribution >= 0.6 is 0 Å². The lowest BCUT2D eigenvalue weighted by atomic mass is 10.0. The summed E-state index contributed by atoms with van der Waals surface area (Å²) in [5, 5.41) is 9.34. The minimum Gasteiger partial charge on any atom is -0.478 e. The lowest BCUT2D eigenvalue weighted by Crippen LogP contribution is -2.52.